The van der Waals surface area contributed by atoms with Gasteiger partial charge in [0, 0.05) is 31.5 Å². The van der Waals surface area contributed by atoms with Crippen LogP contribution in [0, 0.1) is 6.92 Å². The van der Waals surface area contributed by atoms with Crippen molar-refractivity contribution in [2.75, 3.05) is 5.32 Å². The number of benzene rings is 1. The van der Waals surface area contributed by atoms with E-state index < -0.39 is 0 Å². The summed E-state index contributed by atoms with van der Waals surface area (Å²) in [7, 11) is 0. The van der Waals surface area contributed by atoms with Crippen molar-refractivity contribution in [3.05, 3.63) is 46.7 Å². The molecule has 1 N–H and O–H groups in total. The standard InChI is InChI=1S/C21H23N3O3/c1-4-18-23-14-11-13(9-10-15(14)24(18)5-2)22-21(26)19-12(3)27-17-8-6-7-16(25)20(17)19/h9-11H,4-8H2,1-3H3,(H,22,26). The summed E-state index contributed by atoms with van der Waals surface area (Å²) < 4.78 is 7.86. The summed E-state index contributed by atoms with van der Waals surface area (Å²) in [5.74, 6) is 1.85. The minimum Gasteiger partial charge on any atom is -0.465 e. The van der Waals surface area contributed by atoms with Crippen LogP contribution in [0.15, 0.2) is 22.6 Å². The number of carbonyl (C=O) groups is 2. The van der Waals surface area contributed by atoms with Crippen LogP contribution in [0.2, 0.25) is 0 Å². The molecule has 0 bridgehead atoms. The van der Waals surface area contributed by atoms with Gasteiger partial charge in [-0.3, -0.25) is 9.59 Å². The van der Waals surface area contributed by atoms with Gasteiger partial charge in [-0.05, 0) is 38.5 Å². The van der Waals surface area contributed by atoms with Gasteiger partial charge in [-0.25, -0.2) is 4.98 Å². The molecule has 0 aliphatic heterocycles. The number of Topliss-reactive ketones (excluding diaryl/α,β-unsaturated/α-hetero) is 1. The summed E-state index contributed by atoms with van der Waals surface area (Å²) in [5, 5.41) is 2.91. The van der Waals surface area contributed by atoms with E-state index in [9.17, 15) is 9.59 Å². The smallest absolute Gasteiger partial charge is 0.259 e. The molecule has 0 fully saturated rings. The minimum absolute atomic E-state index is 0.0111. The third-order valence-corrected chi connectivity index (χ3v) is 5.19. The molecule has 27 heavy (non-hydrogen) atoms. The Kier molecular flexibility index (Phi) is 4.34. The number of ketones is 1. The Bertz CT molecular complexity index is 1060. The van der Waals surface area contributed by atoms with Crippen LogP contribution in [-0.2, 0) is 19.4 Å². The number of imidazole rings is 1. The van der Waals surface area contributed by atoms with Crippen molar-refractivity contribution < 1.29 is 14.0 Å². The van der Waals surface area contributed by atoms with Crippen LogP contribution < -0.4 is 5.32 Å². The van der Waals surface area contributed by atoms with Crippen LogP contribution in [0.25, 0.3) is 11.0 Å². The molecule has 0 spiro atoms. The normalized spacial score (nSPS) is 13.8. The average Bonchev–Trinajstić information content (AvgIpc) is 3.18. The van der Waals surface area contributed by atoms with Crippen LogP contribution in [0.1, 0.15) is 64.7 Å². The first-order valence-corrected chi connectivity index (χ1v) is 9.49. The SMILES string of the molecule is CCc1nc2cc(NC(=O)c3c(C)oc4c3C(=O)CCC4)ccc2n1CC. The van der Waals surface area contributed by atoms with Crippen LogP contribution in [0.4, 0.5) is 5.69 Å². The minimum atomic E-state index is -0.308. The maximum absolute atomic E-state index is 12.9. The van der Waals surface area contributed by atoms with Gasteiger partial charge in [0.15, 0.2) is 5.78 Å². The van der Waals surface area contributed by atoms with Crippen LogP contribution in [0.3, 0.4) is 0 Å². The molecular weight excluding hydrogens is 342 g/mol. The molecule has 140 valence electrons. The number of hydrogen-bond donors (Lipinski definition) is 1. The zero-order valence-electron chi connectivity index (χ0n) is 15.9. The fraction of sp³-hybridized carbons (Fsp3) is 0.381. The molecule has 2 aromatic heterocycles. The predicted octanol–water partition coefficient (Wildman–Crippen LogP) is 4.29. The van der Waals surface area contributed by atoms with Gasteiger partial charge in [-0.15, -0.1) is 0 Å². The van der Waals surface area contributed by atoms with E-state index in [1.54, 1.807) is 6.92 Å². The van der Waals surface area contributed by atoms with Crippen molar-refractivity contribution >= 4 is 28.4 Å². The van der Waals surface area contributed by atoms with E-state index in [4.69, 9.17) is 4.42 Å². The summed E-state index contributed by atoms with van der Waals surface area (Å²) in [6, 6.07) is 5.73. The van der Waals surface area contributed by atoms with Gasteiger partial charge >= 0.3 is 0 Å². The molecule has 1 aliphatic carbocycles. The van der Waals surface area contributed by atoms with Crippen molar-refractivity contribution in [3.8, 4) is 0 Å². The predicted molar refractivity (Wildman–Crippen MR) is 103 cm³/mol. The van der Waals surface area contributed by atoms with Gasteiger partial charge in [-0.1, -0.05) is 6.92 Å². The second-order valence-corrected chi connectivity index (χ2v) is 6.89. The first-order chi connectivity index (χ1) is 13.0. The Morgan fingerprint density at radius 1 is 1.30 bits per heavy atom. The molecule has 0 unspecified atom stereocenters. The number of anilines is 1. The molecule has 0 radical (unpaired) electrons. The number of nitrogens with zero attached hydrogens (tertiary/aromatic N) is 2. The molecule has 6 heteroatoms. The first-order valence-electron chi connectivity index (χ1n) is 9.49. The molecule has 3 aromatic rings. The largest absolute Gasteiger partial charge is 0.465 e. The van der Waals surface area contributed by atoms with E-state index in [1.807, 2.05) is 18.2 Å². The van der Waals surface area contributed by atoms with E-state index in [1.165, 1.54) is 0 Å². The molecule has 6 nitrogen and oxygen atoms in total. The van der Waals surface area contributed by atoms with E-state index in [2.05, 4.69) is 28.7 Å². The fourth-order valence-corrected chi connectivity index (χ4v) is 3.95. The maximum Gasteiger partial charge on any atom is 0.259 e. The number of rotatable bonds is 4. The highest BCUT2D eigenvalue weighted by atomic mass is 16.3. The van der Waals surface area contributed by atoms with Gasteiger partial charge in [0.25, 0.3) is 5.91 Å². The van der Waals surface area contributed by atoms with Crippen LogP contribution >= 0.6 is 0 Å². The van der Waals surface area contributed by atoms with E-state index in [0.717, 1.165) is 36.2 Å². The van der Waals surface area contributed by atoms with Gasteiger partial charge in [0.05, 0.1) is 22.2 Å². The summed E-state index contributed by atoms with van der Waals surface area (Å²) in [6.45, 7) is 6.77. The number of aromatic nitrogens is 2. The average molecular weight is 365 g/mol. The molecule has 0 atom stereocenters. The summed E-state index contributed by atoms with van der Waals surface area (Å²) >= 11 is 0. The van der Waals surface area contributed by atoms with E-state index in [0.29, 0.717) is 41.2 Å². The number of carbonyl (C=O) groups excluding carboxylic acids is 2. The summed E-state index contributed by atoms with van der Waals surface area (Å²) in [4.78, 5) is 29.9. The molecular formula is C21H23N3O3. The van der Waals surface area contributed by atoms with Gasteiger partial charge in [0.1, 0.15) is 17.3 Å². The Morgan fingerprint density at radius 2 is 2.11 bits per heavy atom. The lowest BCUT2D eigenvalue weighted by molar-refractivity contribution is 0.0955. The molecule has 4 rings (SSSR count). The quantitative estimate of drug-likeness (QED) is 0.748. The molecule has 1 aromatic carbocycles. The monoisotopic (exact) mass is 365 g/mol. The van der Waals surface area contributed by atoms with Crippen LogP contribution in [0.5, 0.6) is 0 Å². The Labute approximate surface area is 157 Å². The summed E-state index contributed by atoms with van der Waals surface area (Å²) in [6.07, 6.45) is 2.80. The summed E-state index contributed by atoms with van der Waals surface area (Å²) in [5.41, 5.74) is 3.39. The zero-order valence-corrected chi connectivity index (χ0v) is 15.9. The van der Waals surface area contributed by atoms with Crippen molar-refractivity contribution in [2.24, 2.45) is 0 Å². The van der Waals surface area contributed by atoms with Gasteiger partial charge in [0.2, 0.25) is 0 Å². The molecule has 0 saturated carbocycles. The molecule has 1 aliphatic rings. The molecule has 2 heterocycles. The van der Waals surface area contributed by atoms with Gasteiger partial charge < -0.3 is 14.3 Å². The number of aryl methyl sites for hydroxylation is 4. The van der Waals surface area contributed by atoms with Crippen LogP contribution in [-0.4, -0.2) is 21.2 Å². The highest BCUT2D eigenvalue weighted by Crippen LogP contribution is 2.30. The third kappa shape index (κ3) is 2.85. The van der Waals surface area contributed by atoms with E-state index >= 15 is 0 Å². The third-order valence-electron chi connectivity index (χ3n) is 5.19. The lowest BCUT2D eigenvalue weighted by atomic mass is 9.93. The van der Waals surface area contributed by atoms with Crippen molar-refractivity contribution in [2.45, 2.75) is 53.0 Å². The molecule has 1 amide bonds. The highest BCUT2D eigenvalue weighted by molar-refractivity contribution is 6.14. The number of fused-ring (bicyclic) bond motifs is 2. The topological polar surface area (TPSA) is 77.1 Å². The second kappa shape index (κ2) is 6.68. The second-order valence-electron chi connectivity index (χ2n) is 6.89. The van der Waals surface area contributed by atoms with E-state index in [-0.39, 0.29) is 11.7 Å². The zero-order chi connectivity index (χ0) is 19.1. The van der Waals surface area contributed by atoms with Gasteiger partial charge in [-0.2, -0.15) is 0 Å². The Morgan fingerprint density at radius 3 is 2.85 bits per heavy atom. The molecule has 0 saturated heterocycles. The van der Waals surface area contributed by atoms with Crippen molar-refractivity contribution in [1.29, 1.82) is 0 Å². The number of amides is 1. The maximum atomic E-state index is 12.9. The Balaban J connectivity index is 1.68. The van der Waals surface area contributed by atoms with Crippen molar-refractivity contribution in [1.82, 2.24) is 9.55 Å². The number of hydrogen-bond acceptors (Lipinski definition) is 4. The lowest BCUT2D eigenvalue weighted by Crippen LogP contribution is -2.18. The fourth-order valence-electron chi connectivity index (χ4n) is 3.95. The van der Waals surface area contributed by atoms with Crippen molar-refractivity contribution in [3.63, 3.8) is 0 Å². The number of furan rings is 1. The Hall–Kier alpha value is -2.89. The first kappa shape index (κ1) is 17.5. The highest BCUT2D eigenvalue weighted by Gasteiger charge is 2.30. The number of nitrogens with one attached hydrogen (secondary N) is 1. The lowest BCUT2D eigenvalue weighted by Gasteiger charge is -2.10.